The fourth-order valence-electron chi connectivity index (χ4n) is 4.34. The first kappa shape index (κ1) is 30.8. The van der Waals surface area contributed by atoms with Gasteiger partial charge >= 0.3 is 16.3 Å². The van der Waals surface area contributed by atoms with Gasteiger partial charge in [0.05, 0.1) is 0 Å². The van der Waals surface area contributed by atoms with Gasteiger partial charge in [-0.25, -0.2) is 4.79 Å². The number of rotatable bonds is 9. The Morgan fingerprint density at radius 1 is 1.13 bits per heavy atom. The Bertz CT molecular complexity index is 1360. The molecule has 0 amide bonds. The predicted molar refractivity (Wildman–Crippen MR) is 153 cm³/mol. The number of thioether (sulfide) groups is 1. The minimum Gasteiger partial charge on any atom is -0.511 e. The minimum absolute atomic E-state index is 0.0244. The topological polar surface area (TPSA) is 113 Å². The lowest BCUT2D eigenvalue weighted by Crippen LogP contribution is -2.44. The summed E-state index contributed by atoms with van der Waals surface area (Å²) in [7, 11) is -1.16. The molecule has 2 aromatic carbocycles. The van der Waals surface area contributed by atoms with E-state index in [-0.39, 0.29) is 34.5 Å². The lowest BCUT2D eigenvalue weighted by Gasteiger charge is -2.40. The average molecular weight is 578 g/mol. The maximum absolute atomic E-state index is 13.4. The van der Waals surface area contributed by atoms with E-state index < -0.39 is 27.3 Å². The van der Waals surface area contributed by atoms with Gasteiger partial charge in [-0.15, -0.1) is 0 Å². The molecular weight excluding hydrogens is 538 g/mol. The van der Waals surface area contributed by atoms with Crippen LogP contribution < -0.4 is 4.18 Å². The number of cyclic esters (lactones) is 1. The first-order valence-corrected chi connectivity index (χ1v) is 15.0. The van der Waals surface area contributed by atoms with Crippen molar-refractivity contribution >= 4 is 28.0 Å². The van der Waals surface area contributed by atoms with Crippen molar-refractivity contribution in [2.75, 3.05) is 14.1 Å². The molecule has 1 heterocycles. The van der Waals surface area contributed by atoms with Crippen LogP contribution in [0.25, 0.3) is 0 Å². The van der Waals surface area contributed by atoms with Crippen molar-refractivity contribution in [3.05, 3.63) is 63.8 Å². The molecule has 1 unspecified atom stereocenters. The summed E-state index contributed by atoms with van der Waals surface area (Å²) in [6.45, 7) is 11.6. The lowest BCUT2D eigenvalue weighted by atomic mass is 9.80. The van der Waals surface area contributed by atoms with Crippen LogP contribution in [-0.2, 0) is 31.7 Å². The minimum atomic E-state index is -3.95. The normalized spacial score (nSPS) is 18.6. The quantitative estimate of drug-likeness (QED) is 0.348. The van der Waals surface area contributed by atoms with Crippen molar-refractivity contribution in [2.45, 2.75) is 76.7 Å². The number of phenols is 1. The van der Waals surface area contributed by atoms with Crippen LogP contribution >= 0.6 is 11.8 Å². The van der Waals surface area contributed by atoms with Gasteiger partial charge in [-0.05, 0) is 72.1 Å². The number of carbonyl (C=O) groups excluding carboxylic acids is 1. The zero-order chi connectivity index (χ0) is 29.3. The Morgan fingerprint density at radius 3 is 2.26 bits per heavy atom. The van der Waals surface area contributed by atoms with E-state index in [0.29, 0.717) is 23.3 Å². The molecule has 0 spiro atoms. The second-order valence-electron chi connectivity index (χ2n) is 11.5. The van der Waals surface area contributed by atoms with E-state index in [4.69, 9.17) is 8.92 Å². The molecule has 2 N–H and O–H groups in total. The van der Waals surface area contributed by atoms with Crippen LogP contribution in [0.1, 0.15) is 64.2 Å². The highest BCUT2D eigenvalue weighted by Crippen LogP contribution is 2.46. The third kappa shape index (κ3) is 7.10. The summed E-state index contributed by atoms with van der Waals surface area (Å²) < 4.78 is 37.2. The van der Waals surface area contributed by atoms with Gasteiger partial charge in [0.2, 0.25) is 0 Å². The van der Waals surface area contributed by atoms with Gasteiger partial charge in [-0.2, -0.15) is 12.7 Å². The summed E-state index contributed by atoms with van der Waals surface area (Å²) in [4.78, 5) is 14.2. The number of nitrogens with zero attached hydrogens (tertiary/aromatic N) is 1. The van der Waals surface area contributed by atoms with Crippen LogP contribution in [0.15, 0.2) is 52.0 Å². The Morgan fingerprint density at radius 2 is 1.74 bits per heavy atom. The molecule has 3 rings (SSSR count). The van der Waals surface area contributed by atoms with Crippen LogP contribution in [0.2, 0.25) is 0 Å². The van der Waals surface area contributed by atoms with E-state index in [1.807, 2.05) is 46.8 Å². The number of aliphatic hydroxyl groups excluding tert-OH is 1. The molecule has 1 aliphatic heterocycles. The third-order valence-electron chi connectivity index (χ3n) is 6.98. The smallest absolute Gasteiger partial charge is 0.384 e. The summed E-state index contributed by atoms with van der Waals surface area (Å²) in [5.74, 6) is -0.266. The van der Waals surface area contributed by atoms with Crippen molar-refractivity contribution in [1.29, 1.82) is 0 Å². The maximum Gasteiger partial charge on any atom is 0.384 e. The van der Waals surface area contributed by atoms with Crippen molar-refractivity contribution in [2.24, 2.45) is 5.92 Å². The maximum atomic E-state index is 13.4. The number of esters is 1. The molecule has 10 heteroatoms. The summed E-state index contributed by atoms with van der Waals surface area (Å²) >= 11 is 1.12. The lowest BCUT2D eigenvalue weighted by molar-refractivity contribution is -0.164. The molecule has 1 atom stereocenters. The first-order valence-electron chi connectivity index (χ1n) is 12.8. The van der Waals surface area contributed by atoms with Crippen LogP contribution in [0.3, 0.4) is 0 Å². The number of benzene rings is 2. The second kappa shape index (κ2) is 11.4. The number of hydrogen-bond donors (Lipinski definition) is 2. The number of aryl methyl sites for hydroxylation is 2. The number of carbonyl (C=O) groups is 1. The van der Waals surface area contributed by atoms with Gasteiger partial charge in [-0.1, -0.05) is 58.5 Å². The monoisotopic (exact) mass is 577 g/mol. The van der Waals surface area contributed by atoms with Gasteiger partial charge in [0, 0.05) is 25.4 Å². The number of phenolic OH excluding ortho intramolecular Hbond substituents is 1. The summed E-state index contributed by atoms with van der Waals surface area (Å²) in [5.41, 5.74) is 1.05. The fourth-order valence-corrected chi connectivity index (χ4v) is 6.14. The zero-order valence-corrected chi connectivity index (χ0v) is 25.5. The summed E-state index contributed by atoms with van der Waals surface area (Å²) in [6, 6.07) is 10.4. The van der Waals surface area contributed by atoms with Gasteiger partial charge in [0.15, 0.2) is 0 Å². The molecule has 39 heavy (non-hydrogen) atoms. The molecule has 0 saturated heterocycles. The standard InChI is InChI=1S/C29H39NO7S2/c1-18(2)29(14-13-20-9-11-21(31)12-10-20)17-23(32)26(27(33)36-29)38-25-15-19(3)24(16-22(25)28(4,5)6)37-39(34,35)30(7)8/h9-12,15-16,18,31-32H,13-14,17H2,1-8H3. The Hall–Kier alpha value is -2.69. The van der Waals surface area contributed by atoms with Crippen LogP contribution in [-0.4, -0.2) is 48.6 Å². The Balaban J connectivity index is 1.94. The molecule has 0 bridgehead atoms. The van der Waals surface area contributed by atoms with E-state index >= 15 is 0 Å². The fraction of sp³-hybridized carbons (Fsp3) is 0.483. The zero-order valence-electron chi connectivity index (χ0n) is 23.9. The van der Waals surface area contributed by atoms with Gasteiger partial charge in [0.1, 0.15) is 27.8 Å². The molecule has 2 aromatic rings. The Kier molecular flexibility index (Phi) is 9.04. The molecule has 1 aliphatic rings. The van der Waals surface area contributed by atoms with E-state index in [2.05, 4.69) is 0 Å². The molecule has 0 aromatic heterocycles. The molecule has 0 fully saturated rings. The van der Waals surface area contributed by atoms with Crippen LogP contribution in [0, 0.1) is 12.8 Å². The van der Waals surface area contributed by atoms with Crippen LogP contribution in [0.4, 0.5) is 0 Å². The van der Waals surface area contributed by atoms with Crippen molar-refractivity contribution in [3.63, 3.8) is 0 Å². The molecule has 0 radical (unpaired) electrons. The van der Waals surface area contributed by atoms with E-state index in [1.54, 1.807) is 31.2 Å². The predicted octanol–water partition coefficient (Wildman–Crippen LogP) is 6.02. The second-order valence-corrected chi connectivity index (χ2v) is 14.3. The van der Waals surface area contributed by atoms with Crippen molar-refractivity contribution < 1.29 is 32.3 Å². The van der Waals surface area contributed by atoms with Gasteiger partial charge in [-0.3, -0.25) is 0 Å². The number of aliphatic hydroxyl groups is 1. The molecule has 0 aliphatic carbocycles. The number of hydrogen-bond acceptors (Lipinski definition) is 8. The van der Waals surface area contributed by atoms with E-state index in [0.717, 1.165) is 27.2 Å². The number of aromatic hydroxyl groups is 1. The first-order chi connectivity index (χ1) is 17.9. The summed E-state index contributed by atoms with van der Waals surface area (Å²) in [5, 5.41) is 20.7. The van der Waals surface area contributed by atoms with Crippen molar-refractivity contribution in [3.8, 4) is 11.5 Å². The summed E-state index contributed by atoms with van der Waals surface area (Å²) in [6.07, 6.45) is 1.32. The molecule has 214 valence electrons. The number of ether oxygens (including phenoxy) is 1. The van der Waals surface area contributed by atoms with Gasteiger partial charge < -0.3 is 19.1 Å². The highest BCUT2D eigenvalue weighted by molar-refractivity contribution is 8.04. The van der Waals surface area contributed by atoms with E-state index in [9.17, 15) is 23.4 Å². The highest BCUT2D eigenvalue weighted by atomic mass is 32.2. The SMILES string of the molecule is Cc1cc(SC2=C(O)CC(CCc3ccc(O)cc3)(C(C)C)OC2=O)c(C(C)(C)C)cc1OS(=O)(=O)N(C)C. The third-order valence-corrected chi connectivity index (χ3v) is 9.42. The largest absolute Gasteiger partial charge is 0.511 e. The van der Waals surface area contributed by atoms with Gasteiger partial charge in [0.25, 0.3) is 0 Å². The van der Waals surface area contributed by atoms with Crippen molar-refractivity contribution in [1.82, 2.24) is 4.31 Å². The Labute approximate surface area is 236 Å². The van der Waals surface area contributed by atoms with Crippen LogP contribution in [0.5, 0.6) is 11.5 Å². The van der Waals surface area contributed by atoms with E-state index in [1.165, 1.54) is 14.1 Å². The molecule has 8 nitrogen and oxygen atoms in total. The molecule has 0 saturated carbocycles. The molecular formula is C29H39NO7S2. The highest BCUT2D eigenvalue weighted by Gasteiger charge is 2.44. The average Bonchev–Trinajstić information content (AvgIpc) is 2.81.